The van der Waals surface area contributed by atoms with E-state index in [9.17, 15) is 13.2 Å². The Bertz CT molecular complexity index is 810. The second-order valence-electron chi connectivity index (χ2n) is 6.37. The number of halogens is 3. The van der Waals surface area contributed by atoms with E-state index < -0.39 is 12.1 Å². The number of hydrogen-bond donors (Lipinski definition) is 2. The summed E-state index contributed by atoms with van der Waals surface area (Å²) < 4.78 is 43.5. The van der Waals surface area contributed by atoms with Crippen LogP contribution >= 0.6 is 11.3 Å². The highest BCUT2D eigenvalue weighted by molar-refractivity contribution is 7.15. The molecule has 1 heterocycles. The summed E-state index contributed by atoms with van der Waals surface area (Å²) in [5.74, 6) is -1.31. The van der Waals surface area contributed by atoms with Gasteiger partial charge in [0.05, 0.1) is 26.3 Å². The predicted octanol–water partition coefficient (Wildman–Crippen LogP) is 1.35. The lowest BCUT2D eigenvalue weighted by Gasteiger charge is -2.17. The molecule has 0 radical (unpaired) electrons. The molecule has 0 aliphatic rings. The third kappa shape index (κ3) is 8.21. The van der Waals surface area contributed by atoms with E-state index in [-0.39, 0.29) is 0 Å². The Morgan fingerprint density at radius 2 is 1.60 bits per heavy atom. The molecule has 2 rings (SSSR count). The molecule has 0 aliphatic carbocycles. The number of alkyl halides is 3. The number of aliphatic carboxylic acids is 1. The molecule has 0 amide bonds. The quantitative estimate of drug-likeness (QED) is 0.563. The maximum Gasteiger partial charge on any atom is 0.430 e. The zero-order chi connectivity index (χ0) is 22.7. The summed E-state index contributed by atoms with van der Waals surface area (Å²) in [7, 11) is 0. The molecular weight excluding hydrogens is 421 g/mol. The van der Waals surface area contributed by atoms with E-state index in [0.717, 1.165) is 43.0 Å². The summed E-state index contributed by atoms with van der Waals surface area (Å²) in [6.07, 6.45) is -3.30. The van der Waals surface area contributed by atoms with E-state index in [0.29, 0.717) is 13.2 Å². The van der Waals surface area contributed by atoms with Crippen LogP contribution < -0.4 is 26.0 Å². The van der Waals surface area contributed by atoms with Crippen molar-refractivity contribution in [2.75, 3.05) is 26.3 Å². The van der Waals surface area contributed by atoms with Gasteiger partial charge in [-0.15, -0.1) is 11.3 Å². The van der Waals surface area contributed by atoms with E-state index in [4.69, 9.17) is 19.4 Å². The number of hydrogen-bond acceptors (Lipinski definition) is 5. The van der Waals surface area contributed by atoms with E-state index in [1.165, 1.54) is 15.3 Å². The zero-order valence-electron chi connectivity index (χ0n) is 17.1. The summed E-state index contributed by atoms with van der Waals surface area (Å²) in [6.45, 7) is 7.34. The van der Waals surface area contributed by atoms with E-state index in [1.54, 1.807) is 11.3 Å². The van der Waals surface area contributed by atoms with Crippen LogP contribution in [0.2, 0.25) is 0 Å². The molecule has 6 nitrogen and oxygen atoms in total. The van der Waals surface area contributed by atoms with Gasteiger partial charge >= 0.3 is 6.18 Å². The Labute approximate surface area is 177 Å². The van der Waals surface area contributed by atoms with Crippen LogP contribution in [0.5, 0.6) is 11.5 Å². The van der Waals surface area contributed by atoms with Gasteiger partial charge in [0.25, 0.3) is 0 Å². The van der Waals surface area contributed by atoms with E-state index >= 15 is 0 Å². The topological polar surface area (TPSA) is 114 Å². The summed E-state index contributed by atoms with van der Waals surface area (Å²) in [4.78, 5) is 11.4. The lowest BCUT2D eigenvalue weighted by Crippen LogP contribution is -2.50. The minimum atomic E-state index is -5.19. The van der Waals surface area contributed by atoms with Gasteiger partial charge in [-0.05, 0) is 43.7 Å². The molecule has 1 aromatic carbocycles. The number of aryl methyl sites for hydroxylation is 1. The van der Waals surface area contributed by atoms with Crippen LogP contribution in [-0.2, 0) is 4.79 Å². The number of ether oxygens (including phenoxy) is 2. The number of quaternary nitrogens is 2. The number of carbonyl (C=O) groups excluding carboxylic acids is 1. The average Bonchev–Trinajstić information content (AvgIpc) is 3.10. The Balaban J connectivity index is 0.000000553. The molecule has 0 aliphatic heterocycles. The van der Waals surface area contributed by atoms with E-state index in [2.05, 4.69) is 43.5 Å². The Morgan fingerprint density at radius 3 is 2.07 bits per heavy atom. The molecule has 0 fully saturated rings. The second kappa shape index (κ2) is 12.4. The van der Waals surface area contributed by atoms with Gasteiger partial charge in [-0.3, -0.25) is 0 Å². The molecule has 0 bridgehead atoms. The van der Waals surface area contributed by atoms with Gasteiger partial charge in [0, 0.05) is 28.2 Å². The Morgan fingerprint density at radius 1 is 1.03 bits per heavy atom. The standard InChI is InChI=1S/C18H26N2O2S.C2HF3O2/c1-13-5-8-17(23-13)15-6-7-16(21-11-3-9-19)18(14(15)2)22-12-4-10-20;3-2(4,5)1(6)7/h5-8H,3-4,9-12,19-20H2,1-2H3;(H,6,7)/p+1. The molecule has 2 aromatic rings. The monoisotopic (exact) mass is 449 g/mol. The number of carboxylic acid groups (broad SMARTS) is 1. The van der Waals surface area contributed by atoms with Gasteiger partial charge in [-0.25, -0.2) is 0 Å². The van der Waals surface area contributed by atoms with Gasteiger partial charge in [0.15, 0.2) is 11.5 Å². The van der Waals surface area contributed by atoms with Crippen molar-refractivity contribution >= 4 is 17.3 Å². The van der Waals surface area contributed by atoms with Gasteiger partial charge in [-0.2, -0.15) is 13.2 Å². The molecule has 30 heavy (non-hydrogen) atoms. The number of carbonyl (C=O) groups is 1. The van der Waals surface area contributed by atoms with Crippen molar-refractivity contribution in [3.05, 3.63) is 34.7 Å². The van der Waals surface area contributed by atoms with Crippen LogP contribution in [0.4, 0.5) is 13.2 Å². The zero-order valence-corrected chi connectivity index (χ0v) is 18.0. The van der Waals surface area contributed by atoms with Crippen molar-refractivity contribution < 1.29 is 44.0 Å². The van der Waals surface area contributed by atoms with Gasteiger partial charge in [0.2, 0.25) is 0 Å². The largest absolute Gasteiger partial charge is 0.542 e. The molecule has 0 saturated heterocycles. The third-order valence-electron chi connectivity index (χ3n) is 3.90. The molecule has 0 spiro atoms. The molecule has 10 heteroatoms. The second-order valence-corrected chi connectivity index (χ2v) is 7.66. The highest BCUT2D eigenvalue weighted by atomic mass is 32.1. The average molecular weight is 450 g/mol. The summed E-state index contributed by atoms with van der Waals surface area (Å²) in [6, 6.07) is 8.49. The van der Waals surface area contributed by atoms with Gasteiger partial charge in [-0.1, -0.05) is 0 Å². The van der Waals surface area contributed by atoms with Crippen molar-refractivity contribution in [2.24, 2.45) is 0 Å². The van der Waals surface area contributed by atoms with Gasteiger partial charge < -0.3 is 30.8 Å². The summed E-state index contributed by atoms with van der Waals surface area (Å²) >= 11 is 1.80. The molecule has 0 atom stereocenters. The molecule has 6 N–H and O–H groups in total. The van der Waals surface area contributed by atoms with Crippen LogP contribution in [0.25, 0.3) is 10.4 Å². The van der Waals surface area contributed by atoms with Crippen molar-refractivity contribution in [2.45, 2.75) is 32.9 Å². The van der Waals surface area contributed by atoms with Crippen molar-refractivity contribution in [1.82, 2.24) is 0 Å². The lowest BCUT2D eigenvalue weighted by atomic mass is 10.1. The third-order valence-corrected chi connectivity index (χ3v) is 4.93. The van der Waals surface area contributed by atoms with Crippen LogP contribution in [-0.4, -0.2) is 38.4 Å². The lowest BCUT2D eigenvalue weighted by molar-refractivity contribution is -0.369. The molecule has 0 saturated carbocycles. The normalized spacial score (nSPS) is 10.9. The van der Waals surface area contributed by atoms with Gasteiger partial charge in [0.1, 0.15) is 5.97 Å². The number of thiophene rings is 1. The fourth-order valence-electron chi connectivity index (χ4n) is 2.37. The van der Waals surface area contributed by atoms with Crippen LogP contribution in [0.1, 0.15) is 23.3 Å². The highest BCUT2D eigenvalue weighted by Crippen LogP contribution is 2.40. The van der Waals surface area contributed by atoms with Crippen LogP contribution in [0.3, 0.4) is 0 Å². The minimum Gasteiger partial charge on any atom is -0.542 e. The first-order valence-electron chi connectivity index (χ1n) is 9.44. The molecule has 1 aromatic heterocycles. The number of rotatable bonds is 9. The number of carboxylic acids is 1. The van der Waals surface area contributed by atoms with Crippen molar-refractivity contribution in [3.8, 4) is 21.9 Å². The van der Waals surface area contributed by atoms with Crippen molar-refractivity contribution in [3.63, 3.8) is 0 Å². The van der Waals surface area contributed by atoms with Crippen LogP contribution in [0, 0.1) is 13.8 Å². The Hall–Kier alpha value is -2.30. The summed E-state index contributed by atoms with van der Waals surface area (Å²) in [5.41, 5.74) is 10.1. The Kier molecular flexibility index (Phi) is 10.6. The summed E-state index contributed by atoms with van der Waals surface area (Å²) in [5, 5.41) is 8.78. The fraction of sp³-hybridized carbons (Fsp3) is 0.450. The van der Waals surface area contributed by atoms with Crippen LogP contribution in [0.15, 0.2) is 24.3 Å². The minimum absolute atomic E-state index is 0.670. The van der Waals surface area contributed by atoms with Crippen molar-refractivity contribution in [1.29, 1.82) is 0 Å². The SMILES string of the molecule is Cc1ccc(-c2ccc(OCCC[NH3+])c(OCCC[NH3+])c2C)s1.O=C([O-])C(F)(F)F. The first-order chi connectivity index (χ1) is 14.1. The maximum atomic E-state index is 10.5. The van der Waals surface area contributed by atoms with E-state index in [1.807, 2.05) is 6.07 Å². The first-order valence-corrected chi connectivity index (χ1v) is 10.3. The highest BCUT2D eigenvalue weighted by Gasteiger charge is 2.28. The maximum absolute atomic E-state index is 10.5. The first kappa shape index (κ1) is 25.7. The molecule has 0 unspecified atom stereocenters. The number of benzene rings is 1. The smallest absolute Gasteiger partial charge is 0.430 e. The predicted molar refractivity (Wildman–Crippen MR) is 106 cm³/mol. The molecule has 168 valence electrons. The molecular formula is C20H28F3N2O4S+. The fourth-order valence-corrected chi connectivity index (χ4v) is 3.32.